The van der Waals surface area contributed by atoms with Crippen molar-refractivity contribution in [2.75, 3.05) is 5.32 Å². The van der Waals surface area contributed by atoms with Crippen LogP contribution in [0.5, 0.6) is 0 Å². The standard InChI is InChI=1S/C16H22BrN3/c1-4-5-6-13-7-9-14(10-8-13)18-11-15-16(17)12(2)19-20(15)3/h7-10,18H,4-6,11H2,1-3H3. The van der Waals surface area contributed by atoms with Crippen molar-refractivity contribution in [1.29, 1.82) is 0 Å². The number of aryl methyl sites for hydroxylation is 3. The van der Waals surface area contributed by atoms with Gasteiger partial charge in [-0.2, -0.15) is 5.10 Å². The van der Waals surface area contributed by atoms with Crippen LogP contribution in [0.2, 0.25) is 0 Å². The molecule has 2 rings (SSSR count). The van der Waals surface area contributed by atoms with Crippen LogP contribution in [-0.4, -0.2) is 9.78 Å². The van der Waals surface area contributed by atoms with E-state index in [9.17, 15) is 0 Å². The number of nitrogens with one attached hydrogen (secondary N) is 1. The summed E-state index contributed by atoms with van der Waals surface area (Å²) in [6.45, 7) is 5.01. The molecule has 108 valence electrons. The van der Waals surface area contributed by atoms with Crippen molar-refractivity contribution in [2.24, 2.45) is 7.05 Å². The molecule has 2 aromatic rings. The van der Waals surface area contributed by atoms with Crippen molar-refractivity contribution in [2.45, 2.75) is 39.7 Å². The third-order valence-electron chi connectivity index (χ3n) is 3.49. The Morgan fingerprint density at radius 2 is 1.95 bits per heavy atom. The highest BCUT2D eigenvalue weighted by Gasteiger charge is 2.09. The number of rotatable bonds is 6. The van der Waals surface area contributed by atoms with Gasteiger partial charge in [-0.05, 0) is 53.4 Å². The monoisotopic (exact) mass is 335 g/mol. The van der Waals surface area contributed by atoms with Gasteiger partial charge in [0.15, 0.2) is 0 Å². The van der Waals surface area contributed by atoms with E-state index in [1.807, 2.05) is 18.7 Å². The third kappa shape index (κ3) is 3.63. The first-order chi connectivity index (χ1) is 9.61. The van der Waals surface area contributed by atoms with E-state index in [1.165, 1.54) is 24.8 Å². The number of unbranched alkanes of at least 4 members (excludes halogenated alkanes) is 1. The third-order valence-corrected chi connectivity index (χ3v) is 4.53. The second-order valence-electron chi connectivity index (χ2n) is 5.12. The second-order valence-corrected chi connectivity index (χ2v) is 5.92. The van der Waals surface area contributed by atoms with Crippen LogP contribution in [0, 0.1) is 6.92 Å². The van der Waals surface area contributed by atoms with E-state index in [-0.39, 0.29) is 0 Å². The highest BCUT2D eigenvalue weighted by atomic mass is 79.9. The molecule has 20 heavy (non-hydrogen) atoms. The van der Waals surface area contributed by atoms with Crippen molar-refractivity contribution in [3.05, 3.63) is 45.7 Å². The molecule has 0 aliphatic rings. The van der Waals surface area contributed by atoms with Crippen molar-refractivity contribution >= 4 is 21.6 Å². The predicted octanol–water partition coefficient (Wildman–Crippen LogP) is 4.45. The maximum absolute atomic E-state index is 4.40. The summed E-state index contributed by atoms with van der Waals surface area (Å²) in [5.41, 5.74) is 4.75. The molecule has 0 aliphatic heterocycles. The first-order valence-corrected chi connectivity index (χ1v) is 7.92. The van der Waals surface area contributed by atoms with Gasteiger partial charge in [0.1, 0.15) is 0 Å². The molecule has 0 spiro atoms. The Morgan fingerprint density at radius 1 is 1.25 bits per heavy atom. The van der Waals surface area contributed by atoms with Gasteiger partial charge >= 0.3 is 0 Å². The minimum absolute atomic E-state index is 0.770. The van der Waals surface area contributed by atoms with Gasteiger partial charge in [0.25, 0.3) is 0 Å². The Morgan fingerprint density at radius 3 is 2.50 bits per heavy atom. The lowest BCUT2D eigenvalue weighted by atomic mass is 10.1. The minimum atomic E-state index is 0.770. The molecule has 0 unspecified atom stereocenters. The first kappa shape index (κ1) is 15.1. The van der Waals surface area contributed by atoms with E-state index in [0.717, 1.165) is 28.1 Å². The molecule has 1 heterocycles. The summed E-state index contributed by atoms with van der Waals surface area (Å²) in [6, 6.07) is 8.73. The van der Waals surface area contributed by atoms with Crippen LogP contribution >= 0.6 is 15.9 Å². The van der Waals surface area contributed by atoms with Crippen LogP contribution in [-0.2, 0) is 20.0 Å². The smallest absolute Gasteiger partial charge is 0.0739 e. The Balaban J connectivity index is 1.97. The second kappa shape index (κ2) is 6.93. The molecule has 1 aromatic carbocycles. The maximum Gasteiger partial charge on any atom is 0.0739 e. The van der Waals surface area contributed by atoms with E-state index >= 15 is 0 Å². The van der Waals surface area contributed by atoms with Crippen LogP contribution in [0.25, 0.3) is 0 Å². The molecular formula is C16H22BrN3. The molecule has 0 atom stereocenters. The molecule has 1 N–H and O–H groups in total. The Bertz CT molecular complexity index is 558. The van der Waals surface area contributed by atoms with Crippen LogP contribution in [0.1, 0.15) is 36.7 Å². The quantitative estimate of drug-likeness (QED) is 0.845. The largest absolute Gasteiger partial charge is 0.379 e. The van der Waals surface area contributed by atoms with Gasteiger partial charge in [-0.25, -0.2) is 0 Å². The lowest BCUT2D eigenvalue weighted by Gasteiger charge is -2.08. The molecule has 3 nitrogen and oxygen atoms in total. The summed E-state index contributed by atoms with van der Waals surface area (Å²) >= 11 is 3.59. The molecule has 0 fully saturated rings. The normalized spacial score (nSPS) is 10.8. The summed E-state index contributed by atoms with van der Waals surface area (Å²) in [4.78, 5) is 0. The SMILES string of the molecule is CCCCc1ccc(NCc2c(Br)c(C)nn2C)cc1. The Hall–Kier alpha value is -1.29. The van der Waals surface area contributed by atoms with Crippen molar-refractivity contribution in [3.8, 4) is 0 Å². The van der Waals surface area contributed by atoms with E-state index < -0.39 is 0 Å². The van der Waals surface area contributed by atoms with Crippen molar-refractivity contribution in [1.82, 2.24) is 9.78 Å². The summed E-state index contributed by atoms with van der Waals surface area (Å²) in [7, 11) is 1.97. The molecular weight excluding hydrogens is 314 g/mol. The lowest BCUT2D eigenvalue weighted by Crippen LogP contribution is -2.06. The summed E-state index contributed by atoms with van der Waals surface area (Å²) in [5, 5.41) is 7.85. The van der Waals surface area contributed by atoms with Crippen LogP contribution < -0.4 is 5.32 Å². The Kier molecular flexibility index (Phi) is 5.24. The number of anilines is 1. The first-order valence-electron chi connectivity index (χ1n) is 7.12. The van der Waals surface area contributed by atoms with Gasteiger partial charge in [-0.15, -0.1) is 0 Å². The molecule has 1 aromatic heterocycles. The number of aromatic nitrogens is 2. The van der Waals surface area contributed by atoms with Crippen molar-refractivity contribution < 1.29 is 0 Å². The maximum atomic E-state index is 4.40. The van der Waals surface area contributed by atoms with E-state index in [4.69, 9.17) is 0 Å². The van der Waals surface area contributed by atoms with Gasteiger partial charge in [0.05, 0.1) is 22.4 Å². The predicted molar refractivity (Wildman–Crippen MR) is 88.0 cm³/mol. The zero-order valence-corrected chi connectivity index (χ0v) is 14.0. The zero-order valence-electron chi connectivity index (χ0n) is 12.4. The summed E-state index contributed by atoms with van der Waals surface area (Å²) in [5.74, 6) is 0. The number of benzene rings is 1. The fourth-order valence-corrected chi connectivity index (χ4v) is 2.70. The lowest BCUT2D eigenvalue weighted by molar-refractivity contribution is 0.712. The molecule has 0 bridgehead atoms. The average Bonchev–Trinajstić information content (AvgIpc) is 2.69. The number of nitrogens with zero attached hydrogens (tertiary/aromatic N) is 2. The number of hydrogen-bond donors (Lipinski definition) is 1. The molecule has 0 amide bonds. The fraction of sp³-hybridized carbons (Fsp3) is 0.438. The van der Waals surface area contributed by atoms with Crippen molar-refractivity contribution in [3.63, 3.8) is 0 Å². The number of halogens is 1. The highest BCUT2D eigenvalue weighted by molar-refractivity contribution is 9.10. The zero-order chi connectivity index (χ0) is 14.5. The molecule has 0 saturated carbocycles. The minimum Gasteiger partial charge on any atom is -0.379 e. The van der Waals surface area contributed by atoms with E-state index in [2.05, 4.69) is 57.5 Å². The van der Waals surface area contributed by atoms with Crippen LogP contribution in [0.15, 0.2) is 28.7 Å². The fourth-order valence-electron chi connectivity index (χ4n) is 2.23. The van der Waals surface area contributed by atoms with Gasteiger partial charge in [-0.3, -0.25) is 4.68 Å². The van der Waals surface area contributed by atoms with Crippen LogP contribution in [0.3, 0.4) is 0 Å². The van der Waals surface area contributed by atoms with Gasteiger partial charge in [0, 0.05) is 12.7 Å². The molecule has 0 saturated heterocycles. The highest BCUT2D eigenvalue weighted by Crippen LogP contribution is 2.21. The van der Waals surface area contributed by atoms with Crippen LogP contribution in [0.4, 0.5) is 5.69 Å². The average molecular weight is 336 g/mol. The van der Waals surface area contributed by atoms with Gasteiger partial charge in [-0.1, -0.05) is 25.5 Å². The molecule has 0 radical (unpaired) electrons. The summed E-state index contributed by atoms with van der Waals surface area (Å²) < 4.78 is 3.01. The van der Waals surface area contributed by atoms with E-state index in [1.54, 1.807) is 0 Å². The van der Waals surface area contributed by atoms with Gasteiger partial charge in [0.2, 0.25) is 0 Å². The van der Waals surface area contributed by atoms with E-state index in [0.29, 0.717) is 0 Å². The topological polar surface area (TPSA) is 29.9 Å². The summed E-state index contributed by atoms with van der Waals surface area (Å²) in [6.07, 6.45) is 3.67. The van der Waals surface area contributed by atoms with Gasteiger partial charge < -0.3 is 5.32 Å². The molecule has 4 heteroatoms. The molecule has 0 aliphatic carbocycles. The Labute approximate surface area is 129 Å². The number of hydrogen-bond acceptors (Lipinski definition) is 2.